The van der Waals surface area contributed by atoms with Crippen molar-refractivity contribution in [1.82, 2.24) is 14.7 Å². The summed E-state index contributed by atoms with van der Waals surface area (Å²) in [5.41, 5.74) is 0. The monoisotopic (exact) mass is 287 g/mol. The van der Waals surface area contributed by atoms with Gasteiger partial charge in [0, 0.05) is 31.9 Å². The van der Waals surface area contributed by atoms with Crippen LogP contribution in [0, 0.1) is 0 Å². The number of hydrogen-bond donors (Lipinski definition) is 1. The van der Waals surface area contributed by atoms with Gasteiger partial charge in [-0.25, -0.2) is 9.59 Å². The topological polar surface area (TPSA) is 64.1 Å². The van der Waals surface area contributed by atoms with Gasteiger partial charge in [-0.1, -0.05) is 6.92 Å². The summed E-state index contributed by atoms with van der Waals surface area (Å²) in [5.74, 6) is 0.0879. The zero-order valence-electron chi connectivity index (χ0n) is 11.2. The molecule has 1 atom stereocenters. The summed E-state index contributed by atoms with van der Waals surface area (Å²) in [6.45, 7) is 6.39. The summed E-state index contributed by atoms with van der Waals surface area (Å²) >= 11 is 1.51. The maximum Gasteiger partial charge on any atom is 0.327 e. The van der Waals surface area contributed by atoms with Crippen molar-refractivity contribution in [3.05, 3.63) is 0 Å². The van der Waals surface area contributed by atoms with Crippen LogP contribution < -0.4 is 0 Å². The summed E-state index contributed by atoms with van der Waals surface area (Å²) in [4.78, 5) is 29.1. The van der Waals surface area contributed by atoms with E-state index in [1.165, 1.54) is 16.7 Å². The third kappa shape index (κ3) is 3.33. The van der Waals surface area contributed by atoms with Crippen LogP contribution in [-0.2, 0) is 4.79 Å². The lowest BCUT2D eigenvalue weighted by molar-refractivity contribution is -0.141. The molecule has 0 aromatic rings. The van der Waals surface area contributed by atoms with Gasteiger partial charge in [-0.15, -0.1) is 11.8 Å². The van der Waals surface area contributed by atoms with Crippen LogP contribution in [0.3, 0.4) is 0 Å². The van der Waals surface area contributed by atoms with Crippen molar-refractivity contribution in [2.24, 2.45) is 0 Å². The number of aliphatic carboxylic acids is 1. The second kappa shape index (κ2) is 6.47. The molecular weight excluding hydrogens is 266 g/mol. The predicted molar refractivity (Wildman–Crippen MR) is 74.3 cm³/mol. The zero-order chi connectivity index (χ0) is 13.8. The molecule has 0 aromatic heterocycles. The van der Waals surface area contributed by atoms with E-state index >= 15 is 0 Å². The van der Waals surface area contributed by atoms with Crippen LogP contribution in [0.2, 0.25) is 0 Å². The predicted octanol–water partition coefficient (Wildman–Crippen LogP) is 0.593. The van der Waals surface area contributed by atoms with Gasteiger partial charge in [-0.2, -0.15) is 0 Å². The van der Waals surface area contributed by atoms with Crippen molar-refractivity contribution in [3.8, 4) is 0 Å². The summed E-state index contributed by atoms with van der Waals surface area (Å²) in [6, 6.07) is -0.778. The average Bonchev–Trinajstić information content (AvgIpc) is 2.88. The number of carbonyl (C=O) groups excluding carboxylic acids is 1. The summed E-state index contributed by atoms with van der Waals surface area (Å²) in [5, 5.41) is 9.11. The Hall–Kier alpha value is -0.950. The lowest BCUT2D eigenvalue weighted by Crippen LogP contribution is -2.55. The highest BCUT2D eigenvalue weighted by Crippen LogP contribution is 2.23. The van der Waals surface area contributed by atoms with Crippen LogP contribution in [0.1, 0.15) is 13.3 Å². The number of carboxylic acids is 1. The number of thioether (sulfide) groups is 1. The van der Waals surface area contributed by atoms with E-state index in [1.54, 1.807) is 4.90 Å². The van der Waals surface area contributed by atoms with Gasteiger partial charge in [-0.05, 0) is 13.0 Å². The molecule has 0 radical (unpaired) electrons. The van der Waals surface area contributed by atoms with Gasteiger partial charge in [0.05, 0.1) is 5.88 Å². The molecule has 6 nitrogen and oxygen atoms in total. The molecule has 2 heterocycles. The minimum atomic E-state index is -0.900. The Morgan fingerprint density at radius 3 is 2.53 bits per heavy atom. The quantitative estimate of drug-likeness (QED) is 0.823. The van der Waals surface area contributed by atoms with Gasteiger partial charge in [0.2, 0.25) is 0 Å². The van der Waals surface area contributed by atoms with Crippen molar-refractivity contribution in [2.45, 2.75) is 19.4 Å². The maximum atomic E-state index is 12.3. The first kappa shape index (κ1) is 14.5. The first-order valence-corrected chi connectivity index (χ1v) is 7.87. The van der Waals surface area contributed by atoms with Crippen LogP contribution in [0.15, 0.2) is 0 Å². The van der Waals surface area contributed by atoms with Crippen molar-refractivity contribution in [2.75, 3.05) is 44.4 Å². The highest BCUT2D eigenvalue weighted by Gasteiger charge is 2.37. The van der Waals surface area contributed by atoms with Crippen molar-refractivity contribution >= 4 is 23.8 Å². The molecule has 0 aliphatic carbocycles. The van der Waals surface area contributed by atoms with Gasteiger partial charge >= 0.3 is 12.0 Å². The lowest BCUT2D eigenvalue weighted by atomic mass is 10.3. The third-order valence-corrected chi connectivity index (χ3v) is 4.61. The van der Waals surface area contributed by atoms with Crippen LogP contribution in [-0.4, -0.2) is 82.2 Å². The molecule has 0 saturated carbocycles. The van der Waals surface area contributed by atoms with E-state index in [2.05, 4.69) is 11.8 Å². The Balaban J connectivity index is 1.89. The summed E-state index contributed by atoms with van der Waals surface area (Å²) in [6.07, 6.45) is 1.12. The second-order valence-corrected chi connectivity index (χ2v) is 5.93. The molecule has 2 amide bonds. The normalized spacial score (nSPS) is 24.8. The Morgan fingerprint density at radius 2 is 1.95 bits per heavy atom. The van der Waals surface area contributed by atoms with E-state index in [1.807, 2.05) is 0 Å². The number of nitrogens with zero attached hydrogens (tertiary/aromatic N) is 3. The number of carbonyl (C=O) groups is 2. The second-order valence-electron chi connectivity index (χ2n) is 4.93. The van der Waals surface area contributed by atoms with Gasteiger partial charge in [0.15, 0.2) is 0 Å². The Bertz CT molecular complexity index is 345. The SMILES string of the molecule is CCCN1CCN(C(=O)N2CSC[C@H]2C(=O)O)CC1. The Labute approximate surface area is 117 Å². The number of piperazine rings is 1. The largest absolute Gasteiger partial charge is 0.480 e. The molecular formula is C12H21N3O3S. The summed E-state index contributed by atoms with van der Waals surface area (Å²) in [7, 11) is 0. The van der Waals surface area contributed by atoms with E-state index in [-0.39, 0.29) is 6.03 Å². The lowest BCUT2D eigenvalue weighted by Gasteiger charge is -2.37. The minimum Gasteiger partial charge on any atom is -0.480 e. The first-order chi connectivity index (χ1) is 9.13. The van der Waals surface area contributed by atoms with Crippen molar-refractivity contribution in [3.63, 3.8) is 0 Å². The van der Waals surface area contributed by atoms with E-state index in [0.29, 0.717) is 24.7 Å². The maximum absolute atomic E-state index is 12.3. The number of carboxylic acid groups (broad SMARTS) is 1. The van der Waals surface area contributed by atoms with Crippen LogP contribution in [0.5, 0.6) is 0 Å². The van der Waals surface area contributed by atoms with Crippen LogP contribution >= 0.6 is 11.8 Å². The van der Waals surface area contributed by atoms with E-state index < -0.39 is 12.0 Å². The molecule has 2 rings (SSSR count). The number of rotatable bonds is 3. The molecule has 0 bridgehead atoms. The third-order valence-electron chi connectivity index (χ3n) is 3.60. The molecule has 2 saturated heterocycles. The van der Waals surface area contributed by atoms with E-state index in [0.717, 1.165) is 26.1 Å². The molecule has 2 fully saturated rings. The molecule has 2 aliphatic rings. The van der Waals surface area contributed by atoms with Gasteiger partial charge in [-0.3, -0.25) is 4.90 Å². The van der Waals surface area contributed by atoms with Crippen molar-refractivity contribution in [1.29, 1.82) is 0 Å². The fraction of sp³-hybridized carbons (Fsp3) is 0.833. The number of hydrogen-bond acceptors (Lipinski definition) is 4. The highest BCUT2D eigenvalue weighted by atomic mass is 32.2. The molecule has 0 aromatic carbocycles. The van der Waals surface area contributed by atoms with E-state index in [4.69, 9.17) is 5.11 Å². The fourth-order valence-electron chi connectivity index (χ4n) is 2.50. The molecule has 0 unspecified atom stereocenters. The van der Waals surface area contributed by atoms with Crippen molar-refractivity contribution < 1.29 is 14.7 Å². The zero-order valence-corrected chi connectivity index (χ0v) is 12.1. The smallest absolute Gasteiger partial charge is 0.327 e. The molecule has 7 heteroatoms. The summed E-state index contributed by atoms with van der Waals surface area (Å²) < 4.78 is 0. The molecule has 0 spiro atoms. The molecule has 108 valence electrons. The minimum absolute atomic E-state index is 0.117. The average molecular weight is 287 g/mol. The van der Waals surface area contributed by atoms with Crippen LogP contribution in [0.4, 0.5) is 4.79 Å². The first-order valence-electron chi connectivity index (χ1n) is 6.72. The Kier molecular flexibility index (Phi) is 4.93. The molecule has 19 heavy (non-hydrogen) atoms. The standard InChI is InChI=1S/C12H21N3O3S/c1-2-3-13-4-6-14(7-5-13)12(18)15-9-19-8-10(15)11(16)17/h10H,2-9H2,1H3,(H,16,17)/t10-/m0/s1. The van der Waals surface area contributed by atoms with Gasteiger partial charge < -0.3 is 14.9 Å². The Morgan fingerprint density at radius 1 is 1.26 bits per heavy atom. The highest BCUT2D eigenvalue weighted by molar-refractivity contribution is 7.99. The van der Waals surface area contributed by atoms with Gasteiger partial charge in [0.1, 0.15) is 6.04 Å². The molecule has 1 N–H and O–H groups in total. The number of urea groups is 1. The van der Waals surface area contributed by atoms with Gasteiger partial charge in [0.25, 0.3) is 0 Å². The fourth-order valence-corrected chi connectivity index (χ4v) is 3.63. The number of amides is 2. The van der Waals surface area contributed by atoms with Crippen LogP contribution in [0.25, 0.3) is 0 Å². The molecule has 2 aliphatic heterocycles. The van der Waals surface area contributed by atoms with E-state index in [9.17, 15) is 9.59 Å².